The van der Waals surface area contributed by atoms with E-state index in [9.17, 15) is 26.3 Å². The van der Waals surface area contributed by atoms with Gasteiger partial charge in [0.15, 0.2) is 0 Å². The summed E-state index contributed by atoms with van der Waals surface area (Å²) in [6.45, 7) is 1.21. The van der Waals surface area contributed by atoms with Gasteiger partial charge in [0.2, 0.25) is 0 Å². The van der Waals surface area contributed by atoms with Crippen LogP contribution >= 0.6 is 0 Å². The minimum atomic E-state index is -4.84. The van der Waals surface area contributed by atoms with Crippen molar-refractivity contribution in [1.82, 2.24) is 9.88 Å². The molecule has 8 heteroatoms. The lowest BCUT2D eigenvalue weighted by atomic mass is 9.99. The predicted molar refractivity (Wildman–Crippen MR) is 73.2 cm³/mol. The Morgan fingerprint density at radius 1 is 0.957 bits per heavy atom. The lowest BCUT2D eigenvalue weighted by Crippen LogP contribution is -2.21. The molecule has 1 aliphatic rings. The van der Waals surface area contributed by atoms with Gasteiger partial charge in [0.1, 0.15) is 0 Å². The molecule has 0 aliphatic carbocycles. The van der Waals surface area contributed by atoms with E-state index in [4.69, 9.17) is 0 Å². The van der Waals surface area contributed by atoms with Gasteiger partial charge in [-0.05, 0) is 31.2 Å². The van der Waals surface area contributed by atoms with Crippen LogP contribution in [-0.4, -0.2) is 30.0 Å². The average molecular weight is 336 g/mol. The molecule has 1 aliphatic heterocycles. The monoisotopic (exact) mass is 336 g/mol. The van der Waals surface area contributed by atoms with E-state index in [0.717, 1.165) is 6.07 Å². The molecular weight excluding hydrogens is 322 g/mol. The van der Waals surface area contributed by atoms with Gasteiger partial charge in [-0.1, -0.05) is 0 Å². The number of hydrogen-bond acceptors (Lipinski definition) is 1. The van der Waals surface area contributed by atoms with E-state index in [0.29, 0.717) is 37.2 Å². The third kappa shape index (κ3) is 2.91. The first-order valence-electron chi connectivity index (χ1n) is 7.08. The number of nitrogens with one attached hydrogen (secondary N) is 1. The number of halogens is 6. The first-order chi connectivity index (χ1) is 10.6. The molecule has 0 saturated heterocycles. The summed E-state index contributed by atoms with van der Waals surface area (Å²) in [6, 6.07) is 0.980. The highest BCUT2D eigenvalue weighted by molar-refractivity contribution is 5.89. The van der Waals surface area contributed by atoms with Gasteiger partial charge in [0, 0.05) is 36.1 Å². The van der Waals surface area contributed by atoms with Gasteiger partial charge in [-0.2, -0.15) is 26.3 Å². The van der Waals surface area contributed by atoms with Crippen LogP contribution in [0.1, 0.15) is 22.4 Å². The highest BCUT2D eigenvalue weighted by Crippen LogP contribution is 2.42. The Hall–Kier alpha value is -1.70. The summed E-state index contributed by atoms with van der Waals surface area (Å²) in [7, 11) is 1.86. The highest BCUT2D eigenvalue weighted by Gasteiger charge is 2.39. The molecule has 1 N–H and O–H groups in total. The van der Waals surface area contributed by atoms with Crippen molar-refractivity contribution in [2.75, 3.05) is 20.1 Å². The van der Waals surface area contributed by atoms with Crippen molar-refractivity contribution in [3.05, 3.63) is 34.5 Å². The van der Waals surface area contributed by atoms with Crippen LogP contribution < -0.4 is 0 Å². The number of aromatic amines is 1. The smallest absolute Gasteiger partial charge is 0.358 e. The Morgan fingerprint density at radius 2 is 1.61 bits per heavy atom. The molecule has 126 valence electrons. The van der Waals surface area contributed by atoms with Crippen LogP contribution in [0.15, 0.2) is 12.1 Å². The molecule has 0 spiro atoms. The van der Waals surface area contributed by atoms with Crippen LogP contribution in [-0.2, 0) is 25.2 Å². The van der Waals surface area contributed by atoms with E-state index < -0.39 is 23.5 Å². The number of rotatable bonds is 0. The van der Waals surface area contributed by atoms with Gasteiger partial charge in [-0.25, -0.2) is 0 Å². The largest absolute Gasteiger partial charge is 0.417 e. The lowest BCUT2D eigenvalue weighted by Gasteiger charge is -2.15. The van der Waals surface area contributed by atoms with E-state index in [2.05, 4.69) is 4.98 Å². The third-order valence-electron chi connectivity index (χ3n) is 4.21. The quantitative estimate of drug-likeness (QED) is 0.713. The number of aromatic nitrogens is 1. The van der Waals surface area contributed by atoms with Crippen LogP contribution in [0.2, 0.25) is 0 Å². The van der Waals surface area contributed by atoms with Crippen molar-refractivity contribution in [3.63, 3.8) is 0 Å². The van der Waals surface area contributed by atoms with E-state index in [1.807, 2.05) is 11.9 Å². The second kappa shape index (κ2) is 5.15. The van der Waals surface area contributed by atoms with E-state index in [1.165, 1.54) is 0 Å². The van der Waals surface area contributed by atoms with E-state index in [1.54, 1.807) is 0 Å². The molecule has 0 bridgehead atoms. The fraction of sp³-hybridized carbons (Fsp3) is 0.467. The normalized spacial score (nSPS) is 17.3. The Balaban J connectivity index is 2.29. The Morgan fingerprint density at radius 3 is 2.22 bits per heavy atom. The molecule has 0 radical (unpaired) electrons. The fourth-order valence-electron chi connectivity index (χ4n) is 3.05. The van der Waals surface area contributed by atoms with Gasteiger partial charge >= 0.3 is 12.4 Å². The number of nitrogens with zero attached hydrogens (tertiary/aromatic N) is 1. The molecule has 0 atom stereocenters. The van der Waals surface area contributed by atoms with Gasteiger partial charge in [0.05, 0.1) is 11.1 Å². The summed E-state index contributed by atoms with van der Waals surface area (Å²) < 4.78 is 78.6. The maximum atomic E-state index is 13.3. The lowest BCUT2D eigenvalue weighted by molar-refractivity contribution is -0.142. The SMILES string of the molecule is CN1CCc2[nH]c3cc(C(F)(F)F)cc(C(F)(F)F)c3c2CC1. The number of H-pyrrole nitrogens is 1. The minimum Gasteiger partial charge on any atom is -0.358 e. The topological polar surface area (TPSA) is 19.0 Å². The van der Waals surface area contributed by atoms with Crippen LogP contribution in [0.3, 0.4) is 0 Å². The predicted octanol–water partition coefficient (Wildman–Crippen LogP) is 4.24. The maximum absolute atomic E-state index is 13.3. The Labute approximate surface area is 128 Å². The van der Waals surface area contributed by atoms with Crippen molar-refractivity contribution in [2.24, 2.45) is 0 Å². The van der Waals surface area contributed by atoms with Crippen molar-refractivity contribution < 1.29 is 26.3 Å². The standard InChI is InChI=1S/C15H14F6N2/c1-23-4-2-9-11(3-5-23)22-12-7-8(14(16,17)18)6-10(13(9)12)15(19,20)21/h6-7,22H,2-5H2,1H3. The Kier molecular flexibility index (Phi) is 3.62. The summed E-state index contributed by atoms with van der Waals surface area (Å²) in [5.41, 5.74) is -1.53. The van der Waals surface area contributed by atoms with Crippen molar-refractivity contribution in [3.8, 4) is 0 Å². The molecule has 1 aromatic carbocycles. The number of alkyl halides is 6. The molecule has 0 unspecified atom stereocenters. The van der Waals surface area contributed by atoms with E-state index >= 15 is 0 Å². The minimum absolute atomic E-state index is 0.0956. The molecule has 23 heavy (non-hydrogen) atoms. The molecule has 2 aromatic rings. The second-order valence-corrected chi connectivity index (χ2v) is 5.83. The van der Waals surface area contributed by atoms with Crippen LogP contribution in [0.5, 0.6) is 0 Å². The summed E-state index contributed by atoms with van der Waals surface area (Å²) in [6.07, 6.45) is -8.80. The number of likely N-dealkylation sites (N-methyl/N-ethyl adjacent to an activating group) is 1. The summed E-state index contributed by atoms with van der Waals surface area (Å²) >= 11 is 0. The van der Waals surface area contributed by atoms with Gasteiger partial charge in [0.25, 0.3) is 0 Å². The molecular formula is C15H14F6N2. The molecule has 1 aromatic heterocycles. The molecule has 0 saturated carbocycles. The maximum Gasteiger partial charge on any atom is 0.417 e. The van der Waals surface area contributed by atoms with Crippen LogP contribution in [0.4, 0.5) is 26.3 Å². The van der Waals surface area contributed by atoms with Gasteiger partial charge in [-0.3, -0.25) is 0 Å². The molecule has 0 amide bonds. The highest BCUT2D eigenvalue weighted by atomic mass is 19.4. The molecule has 2 nitrogen and oxygen atoms in total. The molecule has 2 heterocycles. The zero-order valence-corrected chi connectivity index (χ0v) is 12.2. The summed E-state index contributed by atoms with van der Waals surface area (Å²) in [4.78, 5) is 4.76. The first kappa shape index (κ1) is 16.2. The first-order valence-corrected chi connectivity index (χ1v) is 7.08. The van der Waals surface area contributed by atoms with E-state index in [-0.39, 0.29) is 17.0 Å². The number of benzene rings is 1. The zero-order chi connectivity index (χ0) is 17.0. The average Bonchev–Trinajstić information content (AvgIpc) is 2.67. The fourth-order valence-corrected chi connectivity index (χ4v) is 3.05. The van der Waals surface area contributed by atoms with Crippen LogP contribution in [0.25, 0.3) is 10.9 Å². The molecule has 3 rings (SSSR count). The molecule has 0 fully saturated rings. The van der Waals surface area contributed by atoms with Crippen molar-refractivity contribution in [2.45, 2.75) is 25.2 Å². The van der Waals surface area contributed by atoms with Gasteiger partial charge in [-0.15, -0.1) is 0 Å². The number of hydrogen-bond donors (Lipinski definition) is 1. The third-order valence-corrected chi connectivity index (χ3v) is 4.21. The van der Waals surface area contributed by atoms with Crippen LogP contribution in [0, 0.1) is 0 Å². The summed E-state index contributed by atoms with van der Waals surface area (Å²) in [5, 5.41) is -0.129. The van der Waals surface area contributed by atoms with Crippen molar-refractivity contribution in [1.29, 1.82) is 0 Å². The number of fused-ring (bicyclic) bond motifs is 3. The Bertz CT molecular complexity index is 741. The van der Waals surface area contributed by atoms with Gasteiger partial charge < -0.3 is 9.88 Å². The zero-order valence-electron chi connectivity index (χ0n) is 12.2. The summed E-state index contributed by atoms with van der Waals surface area (Å²) in [5.74, 6) is 0. The van der Waals surface area contributed by atoms with Crippen molar-refractivity contribution >= 4 is 10.9 Å². The second-order valence-electron chi connectivity index (χ2n) is 5.83.